The highest BCUT2D eigenvalue weighted by molar-refractivity contribution is 7.09. The summed E-state index contributed by atoms with van der Waals surface area (Å²) in [5.41, 5.74) is 1.00. The molecule has 0 bridgehead atoms. The molecule has 6 nitrogen and oxygen atoms in total. The van der Waals surface area contributed by atoms with Gasteiger partial charge in [0.2, 0.25) is 5.95 Å². The lowest BCUT2D eigenvalue weighted by molar-refractivity contribution is 0.0928. The van der Waals surface area contributed by atoms with Gasteiger partial charge in [-0.2, -0.15) is 0 Å². The van der Waals surface area contributed by atoms with Crippen molar-refractivity contribution in [2.45, 2.75) is 26.1 Å². The van der Waals surface area contributed by atoms with Gasteiger partial charge in [-0.15, -0.1) is 11.3 Å². The molecular formula is C17H21FN4O2S. The van der Waals surface area contributed by atoms with E-state index >= 15 is 0 Å². The Morgan fingerprint density at radius 2 is 2.20 bits per heavy atom. The molecule has 2 fully saturated rings. The van der Waals surface area contributed by atoms with E-state index < -0.39 is 5.82 Å². The van der Waals surface area contributed by atoms with Crippen molar-refractivity contribution in [3.63, 3.8) is 0 Å². The molecule has 2 saturated heterocycles. The van der Waals surface area contributed by atoms with Crippen molar-refractivity contribution in [1.82, 2.24) is 15.0 Å². The van der Waals surface area contributed by atoms with Crippen LogP contribution in [-0.2, 0) is 16.1 Å². The zero-order valence-corrected chi connectivity index (χ0v) is 14.9. The molecular weight excluding hydrogens is 343 g/mol. The first-order valence-electron chi connectivity index (χ1n) is 8.52. The van der Waals surface area contributed by atoms with Crippen LogP contribution in [0.15, 0.2) is 17.8 Å². The Bertz CT molecular complexity index is 711. The van der Waals surface area contributed by atoms with Gasteiger partial charge in [0.25, 0.3) is 0 Å². The second kappa shape index (κ2) is 7.31. The molecule has 0 spiro atoms. The number of rotatable bonds is 6. The van der Waals surface area contributed by atoms with Crippen molar-refractivity contribution in [3.8, 4) is 0 Å². The molecule has 0 N–H and O–H groups in total. The van der Waals surface area contributed by atoms with E-state index in [0.29, 0.717) is 31.0 Å². The molecule has 0 saturated carbocycles. The van der Waals surface area contributed by atoms with E-state index in [2.05, 4.69) is 19.9 Å². The number of hydrogen-bond acceptors (Lipinski definition) is 7. The fourth-order valence-electron chi connectivity index (χ4n) is 3.61. The topological polar surface area (TPSA) is 60.4 Å². The first-order chi connectivity index (χ1) is 12.2. The first-order valence-corrected chi connectivity index (χ1v) is 9.40. The number of aromatic nitrogens is 3. The highest BCUT2D eigenvalue weighted by atomic mass is 32.1. The third kappa shape index (κ3) is 3.80. The number of aryl methyl sites for hydroxylation is 1. The minimum Gasteiger partial charge on any atom is -0.376 e. The van der Waals surface area contributed by atoms with Crippen LogP contribution in [0.2, 0.25) is 0 Å². The van der Waals surface area contributed by atoms with E-state index in [0.717, 1.165) is 36.8 Å². The average Bonchev–Trinajstić information content (AvgIpc) is 3.29. The Balaban J connectivity index is 1.26. The molecule has 2 aromatic heterocycles. The second-order valence-electron chi connectivity index (χ2n) is 6.60. The average molecular weight is 364 g/mol. The quantitative estimate of drug-likeness (QED) is 0.734. The summed E-state index contributed by atoms with van der Waals surface area (Å²) < 4.78 is 24.7. The molecule has 0 aliphatic carbocycles. The molecule has 4 rings (SSSR count). The lowest BCUT2D eigenvalue weighted by Crippen LogP contribution is -2.26. The van der Waals surface area contributed by atoms with E-state index in [1.807, 2.05) is 12.3 Å². The van der Waals surface area contributed by atoms with Gasteiger partial charge < -0.3 is 14.4 Å². The van der Waals surface area contributed by atoms with Crippen LogP contribution in [0, 0.1) is 24.6 Å². The Hall–Kier alpha value is -1.64. The maximum Gasteiger partial charge on any atom is 0.225 e. The zero-order valence-electron chi connectivity index (χ0n) is 14.1. The highest BCUT2D eigenvalue weighted by Gasteiger charge is 2.44. The minimum absolute atomic E-state index is 0.208. The van der Waals surface area contributed by atoms with Gasteiger partial charge in [0.15, 0.2) is 5.82 Å². The van der Waals surface area contributed by atoms with Gasteiger partial charge in [-0.3, -0.25) is 0 Å². The highest BCUT2D eigenvalue weighted by Crippen LogP contribution is 2.36. The Morgan fingerprint density at radius 1 is 1.36 bits per heavy atom. The van der Waals surface area contributed by atoms with Crippen molar-refractivity contribution >= 4 is 17.3 Å². The third-order valence-electron chi connectivity index (χ3n) is 4.88. The van der Waals surface area contributed by atoms with Gasteiger partial charge >= 0.3 is 0 Å². The summed E-state index contributed by atoms with van der Waals surface area (Å²) in [4.78, 5) is 14.6. The Morgan fingerprint density at radius 3 is 2.96 bits per heavy atom. The van der Waals surface area contributed by atoms with Gasteiger partial charge in [-0.05, 0) is 19.3 Å². The number of ether oxygens (including phenoxy) is 2. The molecule has 134 valence electrons. The molecule has 4 heterocycles. The van der Waals surface area contributed by atoms with Crippen LogP contribution in [0.25, 0.3) is 0 Å². The molecule has 2 aromatic rings. The maximum absolute atomic E-state index is 13.0. The van der Waals surface area contributed by atoms with Crippen molar-refractivity contribution < 1.29 is 13.9 Å². The molecule has 0 unspecified atom stereocenters. The predicted octanol–water partition coefficient (Wildman–Crippen LogP) is 2.44. The molecule has 0 amide bonds. The molecule has 3 atom stereocenters. The van der Waals surface area contributed by atoms with Crippen LogP contribution in [0.4, 0.5) is 10.3 Å². The smallest absolute Gasteiger partial charge is 0.225 e. The van der Waals surface area contributed by atoms with Gasteiger partial charge in [-0.1, -0.05) is 0 Å². The lowest BCUT2D eigenvalue weighted by Gasteiger charge is -2.19. The van der Waals surface area contributed by atoms with Crippen LogP contribution < -0.4 is 4.90 Å². The number of nitrogens with zero attached hydrogens (tertiary/aromatic N) is 4. The minimum atomic E-state index is -0.412. The largest absolute Gasteiger partial charge is 0.376 e. The van der Waals surface area contributed by atoms with E-state index in [1.54, 1.807) is 11.3 Å². The fourth-order valence-corrected chi connectivity index (χ4v) is 4.21. The van der Waals surface area contributed by atoms with Crippen molar-refractivity contribution in [1.29, 1.82) is 0 Å². The monoisotopic (exact) mass is 364 g/mol. The Labute approximate surface area is 150 Å². The molecule has 2 aliphatic heterocycles. The summed E-state index contributed by atoms with van der Waals surface area (Å²) in [6.45, 7) is 5.69. The SMILES string of the molecule is Cc1nc(COCC[C@H]2CO[C@H]3CN(c4ncc(F)cn4)C[C@@H]23)cs1. The lowest BCUT2D eigenvalue weighted by atomic mass is 9.91. The fraction of sp³-hybridized carbons (Fsp3) is 0.588. The van der Waals surface area contributed by atoms with Crippen LogP contribution in [-0.4, -0.2) is 47.4 Å². The summed E-state index contributed by atoms with van der Waals surface area (Å²) in [5, 5.41) is 3.11. The van der Waals surface area contributed by atoms with Gasteiger partial charge in [0, 0.05) is 31.0 Å². The summed E-state index contributed by atoms with van der Waals surface area (Å²) in [6, 6.07) is 0. The number of anilines is 1. The summed E-state index contributed by atoms with van der Waals surface area (Å²) in [7, 11) is 0. The van der Waals surface area contributed by atoms with Gasteiger partial charge in [-0.25, -0.2) is 19.3 Å². The number of hydrogen-bond donors (Lipinski definition) is 0. The zero-order chi connectivity index (χ0) is 17.2. The summed E-state index contributed by atoms with van der Waals surface area (Å²) in [5.74, 6) is 1.10. The van der Waals surface area contributed by atoms with Crippen molar-refractivity contribution in [3.05, 3.63) is 34.3 Å². The van der Waals surface area contributed by atoms with E-state index in [-0.39, 0.29) is 6.10 Å². The first kappa shape index (κ1) is 16.8. The molecule has 0 aromatic carbocycles. The van der Waals surface area contributed by atoms with Crippen LogP contribution in [0.5, 0.6) is 0 Å². The van der Waals surface area contributed by atoms with Crippen molar-refractivity contribution in [2.24, 2.45) is 11.8 Å². The van der Waals surface area contributed by atoms with Crippen LogP contribution >= 0.6 is 11.3 Å². The van der Waals surface area contributed by atoms with E-state index in [9.17, 15) is 4.39 Å². The third-order valence-corrected chi connectivity index (χ3v) is 5.70. The van der Waals surface area contributed by atoms with Crippen LogP contribution in [0.3, 0.4) is 0 Å². The van der Waals surface area contributed by atoms with Gasteiger partial charge in [0.05, 0.1) is 42.4 Å². The van der Waals surface area contributed by atoms with E-state index in [1.165, 1.54) is 12.4 Å². The number of fused-ring (bicyclic) bond motifs is 1. The molecule has 25 heavy (non-hydrogen) atoms. The Kier molecular flexibility index (Phi) is 4.91. The predicted molar refractivity (Wildman–Crippen MR) is 92.0 cm³/mol. The van der Waals surface area contributed by atoms with Gasteiger partial charge in [0.1, 0.15) is 0 Å². The summed E-state index contributed by atoms with van der Waals surface area (Å²) in [6.07, 6.45) is 3.61. The normalized spacial score (nSPS) is 25.5. The summed E-state index contributed by atoms with van der Waals surface area (Å²) >= 11 is 1.65. The maximum atomic E-state index is 13.0. The number of thiazole rings is 1. The standard InChI is InChI=1S/C17H21FN4O2S/c1-11-21-14(10-25-11)9-23-3-2-12-8-24-16-7-22(6-15(12)16)17-19-4-13(18)5-20-17/h4-5,10,12,15-16H,2-3,6-9H2,1H3/t12-,15-,16-/m0/s1. The molecule has 8 heteroatoms. The van der Waals surface area contributed by atoms with E-state index in [4.69, 9.17) is 9.47 Å². The van der Waals surface area contributed by atoms with Crippen molar-refractivity contribution in [2.75, 3.05) is 31.2 Å². The molecule has 2 aliphatic rings. The number of halogens is 1. The van der Waals surface area contributed by atoms with Crippen LogP contribution in [0.1, 0.15) is 17.1 Å². The second-order valence-corrected chi connectivity index (χ2v) is 7.66. The molecule has 0 radical (unpaired) electrons.